The highest BCUT2D eigenvalue weighted by Gasteiger charge is 2.35. The lowest BCUT2D eigenvalue weighted by molar-refractivity contribution is 0.0841. The minimum Gasteiger partial charge on any atom is -0.508 e. The highest BCUT2D eigenvalue weighted by molar-refractivity contribution is 5.94. The number of phenols is 2. The first-order chi connectivity index (χ1) is 14.0. The molecule has 4 N–H and O–H groups in total. The lowest BCUT2D eigenvalue weighted by atomic mass is 9.67. The number of carbonyl (C=O) groups excluding carboxylic acids is 1. The molecule has 2 aliphatic rings. The summed E-state index contributed by atoms with van der Waals surface area (Å²) in [4.78, 5) is 12.7. The fourth-order valence-electron chi connectivity index (χ4n) is 5.22. The van der Waals surface area contributed by atoms with Gasteiger partial charge in [0.05, 0.1) is 0 Å². The Morgan fingerprint density at radius 1 is 0.966 bits per heavy atom. The molecule has 1 amide bonds. The average molecular weight is 395 g/mol. The topological polar surface area (TPSA) is 81.6 Å². The number of fused-ring (bicyclic) bond motifs is 2. The van der Waals surface area contributed by atoms with E-state index in [0.29, 0.717) is 23.7 Å². The van der Waals surface area contributed by atoms with Gasteiger partial charge in [0.1, 0.15) is 11.5 Å². The number of carbonyl (C=O) groups is 1. The predicted octanol–water partition coefficient (Wildman–Crippen LogP) is 4.65. The van der Waals surface area contributed by atoms with Crippen molar-refractivity contribution in [3.8, 4) is 11.5 Å². The van der Waals surface area contributed by atoms with Crippen LogP contribution in [0, 0.1) is 17.8 Å². The van der Waals surface area contributed by atoms with E-state index in [9.17, 15) is 15.0 Å². The van der Waals surface area contributed by atoms with Gasteiger partial charge in [-0.1, -0.05) is 6.92 Å². The molecule has 2 bridgehead atoms. The number of aromatic hydroxyl groups is 2. The predicted molar refractivity (Wildman–Crippen MR) is 114 cm³/mol. The molecule has 5 nitrogen and oxygen atoms in total. The Morgan fingerprint density at radius 2 is 1.66 bits per heavy atom. The van der Waals surface area contributed by atoms with E-state index >= 15 is 0 Å². The minimum atomic E-state index is 0.000183. The van der Waals surface area contributed by atoms with Gasteiger partial charge in [0, 0.05) is 29.4 Å². The van der Waals surface area contributed by atoms with E-state index < -0.39 is 0 Å². The summed E-state index contributed by atoms with van der Waals surface area (Å²) in [6.45, 7) is 2.74. The van der Waals surface area contributed by atoms with Crippen LogP contribution in [0.1, 0.15) is 54.9 Å². The number of anilines is 1. The molecule has 2 fully saturated rings. The maximum Gasteiger partial charge on any atom is 0.251 e. The summed E-state index contributed by atoms with van der Waals surface area (Å²) in [6, 6.07) is 12.1. The molecule has 2 saturated carbocycles. The summed E-state index contributed by atoms with van der Waals surface area (Å²) in [5.74, 6) is 2.62. The second-order valence-electron chi connectivity index (χ2n) is 8.93. The third-order valence-electron chi connectivity index (χ3n) is 6.40. The summed E-state index contributed by atoms with van der Waals surface area (Å²) < 4.78 is 0. The smallest absolute Gasteiger partial charge is 0.251 e. The average Bonchev–Trinajstić information content (AvgIpc) is 2.68. The van der Waals surface area contributed by atoms with Crippen LogP contribution in [0.3, 0.4) is 0 Å². The molecule has 2 aromatic carbocycles. The second kappa shape index (κ2) is 8.36. The van der Waals surface area contributed by atoms with Crippen LogP contribution in [0.5, 0.6) is 11.5 Å². The number of benzene rings is 2. The number of hydrogen-bond acceptors (Lipinski definition) is 4. The number of phenolic OH excluding ortho intramolecular Hbond substituents is 2. The van der Waals surface area contributed by atoms with Crippen molar-refractivity contribution >= 4 is 11.6 Å². The molecule has 0 saturated heterocycles. The zero-order chi connectivity index (χ0) is 20.4. The lowest BCUT2D eigenvalue weighted by Gasteiger charge is -2.41. The van der Waals surface area contributed by atoms with Gasteiger partial charge in [-0.15, -0.1) is 0 Å². The molecule has 2 atom stereocenters. The van der Waals surface area contributed by atoms with Crippen LogP contribution >= 0.6 is 0 Å². The van der Waals surface area contributed by atoms with E-state index in [1.54, 1.807) is 0 Å². The number of hydrogen-bond donors (Lipinski definition) is 4. The maximum atomic E-state index is 12.7. The molecule has 2 unspecified atom stereocenters. The van der Waals surface area contributed by atoms with E-state index in [2.05, 4.69) is 17.6 Å². The van der Waals surface area contributed by atoms with Gasteiger partial charge in [0.15, 0.2) is 0 Å². The molecule has 2 aliphatic carbocycles. The van der Waals surface area contributed by atoms with Crippen molar-refractivity contribution in [2.45, 2.75) is 51.6 Å². The van der Waals surface area contributed by atoms with Gasteiger partial charge >= 0.3 is 0 Å². The fourth-order valence-corrected chi connectivity index (χ4v) is 5.22. The van der Waals surface area contributed by atoms with E-state index in [-0.39, 0.29) is 17.4 Å². The first-order valence-electron chi connectivity index (χ1n) is 10.6. The highest BCUT2D eigenvalue weighted by Crippen LogP contribution is 2.42. The molecule has 2 aromatic rings. The molecule has 154 valence electrons. The molecule has 5 heteroatoms. The summed E-state index contributed by atoms with van der Waals surface area (Å²) >= 11 is 0. The van der Waals surface area contributed by atoms with Crippen LogP contribution in [-0.2, 0) is 6.54 Å². The Hall–Kier alpha value is -2.69. The second-order valence-corrected chi connectivity index (χ2v) is 8.93. The summed E-state index contributed by atoms with van der Waals surface area (Å²) in [5.41, 5.74) is 2.13. The lowest BCUT2D eigenvalue weighted by Crippen LogP contribution is -2.43. The Labute approximate surface area is 172 Å². The van der Waals surface area contributed by atoms with E-state index in [1.807, 2.05) is 24.3 Å². The van der Waals surface area contributed by atoms with Crippen LogP contribution in [-0.4, -0.2) is 22.2 Å². The monoisotopic (exact) mass is 394 g/mol. The molecular formula is C24H30N2O3. The minimum absolute atomic E-state index is 0.000183. The Kier molecular flexibility index (Phi) is 5.65. The van der Waals surface area contributed by atoms with Crippen LogP contribution < -0.4 is 10.6 Å². The first kappa shape index (κ1) is 19.6. The quantitative estimate of drug-likeness (QED) is 0.556. The zero-order valence-electron chi connectivity index (χ0n) is 16.9. The van der Waals surface area contributed by atoms with Crippen LogP contribution in [0.25, 0.3) is 0 Å². The Bertz CT molecular complexity index is 847. The molecule has 29 heavy (non-hydrogen) atoms. The van der Waals surface area contributed by atoms with Gasteiger partial charge in [-0.05, 0) is 92.3 Å². The standard InChI is InChI=1S/C24H30N2O3/c1-15-8-16-10-17(9-15)12-21(11-16)26-24(29)18-2-4-20(5-3-18)25-14-19-13-22(27)6-7-23(19)28/h2-7,13,15-17,21,25,27-28H,8-12,14H2,1H3,(H,26,29). The van der Waals surface area contributed by atoms with Crippen LogP contribution in [0.2, 0.25) is 0 Å². The fraction of sp³-hybridized carbons (Fsp3) is 0.458. The number of amides is 1. The SMILES string of the molecule is CC1CC2CC(C1)CC(NC(=O)c1ccc(NCc3cc(O)ccc3O)cc1)C2. The van der Waals surface area contributed by atoms with Gasteiger partial charge < -0.3 is 20.8 Å². The van der Waals surface area contributed by atoms with Gasteiger partial charge in [0.2, 0.25) is 0 Å². The molecular weight excluding hydrogens is 364 g/mol. The largest absolute Gasteiger partial charge is 0.508 e. The zero-order valence-corrected chi connectivity index (χ0v) is 16.9. The van der Waals surface area contributed by atoms with Crippen molar-refractivity contribution in [1.29, 1.82) is 0 Å². The summed E-state index contributed by atoms with van der Waals surface area (Å²) in [7, 11) is 0. The molecule has 0 spiro atoms. The molecule has 0 heterocycles. The first-order valence-corrected chi connectivity index (χ1v) is 10.6. The molecule has 0 aliphatic heterocycles. The van der Waals surface area contributed by atoms with Crippen molar-refractivity contribution in [2.24, 2.45) is 17.8 Å². The Morgan fingerprint density at radius 3 is 2.34 bits per heavy atom. The molecule has 0 radical (unpaired) electrons. The van der Waals surface area contributed by atoms with E-state index in [0.717, 1.165) is 36.3 Å². The molecule has 0 aromatic heterocycles. The van der Waals surface area contributed by atoms with E-state index in [1.165, 1.54) is 37.5 Å². The maximum absolute atomic E-state index is 12.7. The normalized spacial score (nSPS) is 26.0. The van der Waals surface area contributed by atoms with Gasteiger partial charge in [0.25, 0.3) is 5.91 Å². The third kappa shape index (κ3) is 4.84. The third-order valence-corrected chi connectivity index (χ3v) is 6.40. The summed E-state index contributed by atoms with van der Waals surface area (Å²) in [5, 5.41) is 25.9. The van der Waals surface area contributed by atoms with Gasteiger partial charge in [-0.3, -0.25) is 4.79 Å². The van der Waals surface area contributed by atoms with Crippen LogP contribution in [0.15, 0.2) is 42.5 Å². The van der Waals surface area contributed by atoms with Crippen molar-refractivity contribution in [3.63, 3.8) is 0 Å². The van der Waals surface area contributed by atoms with Crippen molar-refractivity contribution in [3.05, 3.63) is 53.6 Å². The van der Waals surface area contributed by atoms with Crippen LogP contribution in [0.4, 0.5) is 5.69 Å². The van der Waals surface area contributed by atoms with Crippen molar-refractivity contribution in [2.75, 3.05) is 5.32 Å². The summed E-state index contributed by atoms with van der Waals surface area (Å²) in [6.07, 6.45) is 6.17. The highest BCUT2D eigenvalue weighted by atomic mass is 16.3. The van der Waals surface area contributed by atoms with Gasteiger partial charge in [-0.25, -0.2) is 0 Å². The van der Waals surface area contributed by atoms with E-state index in [4.69, 9.17) is 0 Å². The van der Waals surface area contributed by atoms with Crippen molar-refractivity contribution in [1.82, 2.24) is 5.32 Å². The number of nitrogens with one attached hydrogen (secondary N) is 2. The van der Waals surface area contributed by atoms with Crippen molar-refractivity contribution < 1.29 is 15.0 Å². The van der Waals surface area contributed by atoms with Gasteiger partial charge in [-0.2, -0.15) is 0 Å². The number of rotatable bonds is 5. The molecule has 4 rings (SSSR count). The Balaban J connectivity index is 1.32.